The molecule has 2 aromatic heterocycles. The average Bonchev–Trinajstić information content (AvgIpc) is 2.96. The minimum atomic E-state index is -0.438. The lowest BCUT2D eigenvalue weighted by Gasteiger charge is -2.01. The van der Waals surface area contributed by atoms with E-state index in [2.05, 4.69) is 26.6 Å². The molecule has 0 bridgehead atoms. The molecule has 1 amide bonds. The SMILES string of the molecule is N#Cc1c(NC(=O)c2nc(N)n[nH]2)sc2c1CCCCC2. The molecule has 7 nitrogen and oxygen atoms in total. The van der Waals surface area contributed by atoms with Crippen LogP contribution in [0, 0.1) is 11.3 Å². The maximum atomic E-state index is 12.1. The first-order chi connectivity index (χ1) is 10.2. The van der Waals surface area contributed by atoms with E-state index in [9.17, 15) is 10.1 Å². The molecule has 0 atom stereocenters. The van der Waals surface area contributed by atoms with Crippen LogP contribution in [0.1, 0.15) is 45.9 Å². The molecule has 1 aliphatic rings. The number of nitriles is 1. The van der Waals surface area contributed by atoms with Gasteiger partial charge in [-0.05, 0) is 31.2 Å². The van der Waals surface area contributed by atoms with Crippen LogP contribution < -0.4 is 11.1 Å². The van der Waals surface area contributed by atoms with E-state index < -0.39 is 5.91 Å². The van der Waals surface area contributed by atoms with Gasteiger partial charge in [0.2, 0.25) is 11.8 Å². The molecule has 2 heterocycles. The van der Waals surface area contributed by atoms with Crippen molar-refractivity contribution in [2.24, 2.45) is 0 Å². The fraction of sp³-hybridized carbons (Fsp3) is 0.385. The molecule has 4 N–H and O–H groups in total. The summed E-state index contributed by atoms with van der Waals surface area (Å²) in [7, 11) is 0. The van der Waals surface area contributed by atoms with Crippen LogP contribution in [0.15, 0.2) is 0 Å². The molecule has 0 aliphatic heterocycles. The highest BCUT2D eigenvalue weighted by atomic mass is 32.1. The van der Waals surface area contributed by atoms with Gasteiger partial charge in [0.15, 0.2) is 0 Å². The Morgan fingerprint density at radius 3 is 2.90 bits per heavy atom. The summed E-state index contributed by atoms with van der Waals surface area (Å²) in [5.74, 6) is -0.380. The number of nitrogens with zero attached hydrogens (tertiary/aromatic N) is 3. The van der Waals surface area contributed by atoms with E-state index in [1.165, 1.54) is 22.6 Å². The Labute approximate surface area is 125 Å². The molecule has 0 saturated carbocycles. The quantitative estimate of drug-likeness (QED) is 0.731. The number of aromatic nitrogens is 3. The van der Waals surface area contributed by atoms with Crippen molar-refractivity contribution in [2.45, 2.75) is 32.1 Å². The van der Waals surface area contributed by atoms with Gasteiger partial charge >= 0.3 is 0 Å². The monoisotopic (exact) mass is 302 g/mol. The second kappa shape index (κ2) is 5.54. The highest BCUT2D eigenvalue weighted by Gasteiger charge is 2.22. The van der Waals surface area contributed by atoms with E-state index in [0.717, 1.165) is 31.2 Å². The minimum absolute atomic E-state index is 0.0163. The molecule has 8 heteroatoms. The summed E-state index contributed by atoms with van der Waals surface area (Å²) >= 11 is 1.48. The number of nitrogens with one attached hydrogen (secondary N) is 2. The molecule has 2 aromatic rings. The van der Waals surface area contributed by atoms with Crippen LogP contribution in [0.25, 0.3) is 0 Å². The summed E-state index contributed by atoms with van der Waals surface area (Å²) in [5, 5.41) is 18.8. The van der Waals surface area contributed by atoms with Gasteiger partial charge in [-0.2, -0.15) is 10.2 Å². The lowest BCUT2D eigenvalue weighted by molar-refractivity contribution is 0.101. The average molecular weight is 302 g/mol. The van der Waals surface area contributed by atoms with E-state index in [0.29, 0.717) is 10.6 Å². The molecule has 0 spiro atoms. The van der Waals surface area contributed by atoms with Gasteiger partial charge in [-0.1, -0.05) is 6.42 Å². The molecular weight excluding hydrogens is 288 g/mol. The number of nitrogen functional groups attached to an aromatic ring is 1. The highest BCUT2D eigenvalue weighted by Crippen LogP contribution is 2.37. The van der Waals surface area contributed by atoms with Crippen molar-refractivity contribution in [1.29, 1.82) is 5.26 Å². The van der Waals surface area contributed by atoms with Crippen molar-refractivity contribution in [3.63, 3.8) is 0 Å². The number of hydrogen-bond acceptors (Lipinski definition) is 6. The zero-order chi connectivity index (χ0) is 14.8. The molecule has 108 valence electrons. The zero-order valence-corrected chi connectivity index (χ0v) is 12.1. The minimum Gasteiger partial charge on any atom is -0.366 e. The van der Waals surface area contributed by atoms with Gasteiger partial charge in [0.05, 0.1) is 5.56 Å². The summed E-state index contributed by atoms with van der Waals surface area (Å²) in [6.07, 6.45) is 5.28. The van der Waals surface area contributed by atoms with Gasteiger partial charge in [-0.15, -0.1) is 16.4 Å². The second-order valence-electron chi connectivity index (χ2n) is 4.88. The number of amides is 1. The predicted molar refractivity (Wildman–Crippen MR) is 79.0 cm³/mol. The van der Waals surface area contributed by atoms with Gasteiger partial charge in [0.1, 0.15) is 11.1 Å². The summed E-state index contributed by atoms with van der Waals surface area (Å²) in [4.78, 5) is 17.1. The van der Waals surface area contributed by atoms with Crippen LogP contribution in [0.4, 0.5) is 10.9 Å². The molecule has 1 aliphatic carbocycles. The third-order valence-corrected chi connectivity index (χ3v) is 4.69. The van der Waals surface area contributed by atoms with Gasteiger partial charge in [0.25, 0.3) is 5.91 Å². The number of hydrogen-bond donors (Lipinski definition) is 3. The standard InChI is InChI=1S/C13H14N6OS/c14-6-8-7-4-2-1-3-5-9(7)21-12(8)17-11(20)10-16-13(15)19-18-10/h1-5H2,(H,17,20)(H3,15,16,18,19). The van der Waals surface area contributed by atoms with Crippen molar-refractivity contribution in [1.82, 2.24) is 15.2 Å². The molecular formula is C13H14N6OS. The number of thiophene rings is 1. The molecule has 3 rings (SSSR count). The lowest BCUT2D eigenvalue weighted by Crippen LogP contribution is -2.13. The van der Waals surface area contributed by atoms with Crippen molar-refractivity contribution >= 4 is 28.2 Å². The van der Waals surface area contributed by atoms with Gasteiger partial charge in [-0.25, -0.2) is 0 Å². The summed E-state index contributed by atoms with van der Waals surface area (Å²) < 4.78 is 0. The Hall–Kier alpha value is -2.40. The topological polar surface area (TPSA) is 120 Å². The fourth-order valence-electron chi connectivity index (χ4n) is 2.49. The maximum absolute atomic E-state index is 12.1. The third kappa shape index (κ3) is 2.60. The third-order valence-electron chi connectivity index (χ3n) is 3.48. The Bertz CT molecular complexity index is 726. The first-order valence-corrected chi connectivity index (χ1v) is 7.54. The van der Waals surface area contributed by atoms with E-state index in [1.54, 1.807) is 0 Å². The first kappa shape index (κ1) is 13.6. The van der Waals surface area contributed by atoms with Crippen LogP contribution >= 0.6 is 11.3 Å². The van der Waals surface area contributed by atoms with Gasteiger partial charge in [0, 0.05) is 4.88 Å². The first-order valence-electron chi connectivity index (χ1n) is 6.73. The largest absolute Gasteiger partial charge is 0.366 e. The maximum Gasteiger partial charge on any atom is 0.293 e. The summed E-state index contributed by atoms with van der Waals surface area (Å²) in [5.41, 5.74) is 7.05. The Morgan fingerprint density at radius 2 is 2.19 bits per heavy atom. The van der Waals surface area contributed by atoms with Crippen LogP contribution in [0.3, 0.4) is 0 Å². The van der Waals surface area contributed by atoms with Crippen molar-refractivity contribution in [3.8, 4) is 6.07 Å². The number of nitrogens with two attached hydrogens (primary N) is 1. The summed E-state index contributed by atoms with van der Waals surface area (Å²) in [6, 6.07) is 2.22. The Morgan fingerprint density at radius 1 is 1.38 bits per heavy atom. The Balaban J connectivity index is 1.89. The molecule has 0 fully saturated rings. The van der Waals surface area contributed by atoms with Crippen molar-refractivity contribution < 1.29 is 4.79 Å². The smallest absolute Gasteiger partial charge is 0.293 e. The Kier molecular flexibility index (Phi) is 3.58. The second-order valence-corrected chi connectivity index (χ2v) is 5.98. The number of aryl methyl sites for hydroxylation is 1. The molecule has 0 radical (unpaired) electrons. The molecule has 0 aromatic carbocycles. The zero-order valence-electron chi connectivity index (χ0n) is 11.3. The number of H-pyrrole nitrogens is 1. The van der Waals surface area contributed by atoms with Gasteiger partial charge < -0.3 is 11.1 Å². The molecule has 0 unspecified atom stereocenters. The van der Waals surface area contributed by atoms with Crippen LogP contribution in [-0.4, -0.2) is 21.1 Å². The van der Waals surface area contributed by atoms with E-state index in [-0.39, 0.29) is 11.8 Å². The number of aromatic amines is 1. The van der Waals surface area contributed by atoms with Crippen LogP contribution in [0.5, 0.6) is 0 Å². The van der Waals surface area contributed by atoms with Crippen molar-refractivity contribution in [3.05, 3.63) is 21.8 Å². The predicted octanol–water partition coefficient (Wildman–Crippen LogP) is 1.84. The number of rotatable bonds is 2. The van der Waals surface area contributed by atoms with Crippen LogP contribution in [-0.2, 0) is 12.8 Å². The van der Waals surface area contributed by atoms with Crippen LogP contribution in [0.2, 0.25) is 0 Å². The lowest BCUT2D eigenvalue weighted by atomic mass is 10.1. The fourth-order valence-corrected chi connectivity index (χ4v) is 3.72. The normalized spacial score (nSPS) is 14.0. The highest BCUT2D eigenvalue weighted by molar-refractivity contribution is 7.16. The summed E-state index contributed by atoms with van der Waals surface area (Å²) in [6.45, 7) is 0. The van der Waals surface area contributed by atoms with E-state index >= 15 is 0 Å². The molecule has 0 saturated heterocycles. The number of anilines is 2. The van der Waals surface area contributed by atoms with Gasteiger partial charge in [-0.3, -0.25) is 9.89 Å². The number of carbonyl (C=O) groups excluding carboxylic acids is 1. The molecule has 21 heavy (non-hydrogen) atoms. The van der Waals surface area contributed by atoms with E-state index in [4.69, 9.17) is 5.73 Å². The van der Waals surface area contributed by atoms with E-state index in [1.807, 2.05) is 0 Å². The number of carbonyl (C=O) groups is 1. The number of fused-ring (bicyclic) bond motifs is 1. The van der Waals surface area contributed by atoms with Crippen molar-refractivity contribution in [2.75, 3.05) is 11.1 Å².